The molecule has 0 N–H and O–H groups in total. The topological polar surface area (TPSA) is 0 Å². The van der Waals surface area contributed by atoms with Gasteiger partial charge < -0.3 is 0 Å². The Bertz CT molecular complexity index is 210. The number of fused-ring (bicyclic) bond motifs is 1. The maximum absolute atomic E-state index is 2.51. The maximum Gasteiger partial charge on any atom is -0.0143 e. The van der Waals surface area contributed by atoms with Crippen molar-refractivity contribution < 1.29 is 0 Å². The Balaban J connectivity index is 2.22. The van der Waals surface area contributed by atoms with E-state index in [0.29, 0.717) is 5.41 Å². The van der Waals surface area contributed by atoms with Gasteiger partial charge in [0.25, 0.3) is 0 Å². The van der Waals surface area contributed by atoms with Gasteiger partial charge in [-0.3, -0.25) is 0 Å². The average molecular weight is 150 g/mol. The first-order valence-corrected chi connectivity index (χ1v) is 4.72. The van der Waals surface area contributed by atoms with Crippen molar-refractivity contribution in [3.8, 4) is 0 Å². The lowest BCUT2D eigenvalue weighted by Crippen LogP contribution is -2.03. The summed E-state index contributed by atoms with van der Waals surface area (Å²) in [5, 5.41) is 0. The molecule has 0 aromatic heterocycles. The first-order chi connectivity index (χ1) is 5.03. The second kappa shape index (κ2) is 1.91. The molecule has 1 fully saturated rings. The summed E-state index contributed by atoms with van der Waals surface area (Å²) in [7, 11) is 0. The molecule has 2 aliphatic rings. The second-order valence-corrected chi connectivity index (χ2v) is 5.00. The van der Waals surface area contributed by atoms with E-state index in [0.717, 1.165) is 17.8 Å². The standard InChI is InChI=1S/C11H18/c1-7-5-9-10(6-8(7)2)11(9,3)4/h5,8-10H,6H2,1-4H3. The molecule has 3 unspecified atom stereocenters. The molecule has 3 atom stereocenters. The molecule has 0 heteroatoms. The van der Waals surface area contributed by atoms with Crippen molar-refractivity contribution in [3.63, 3.8) is 0 Å². The highest BCUT2D eigenvalue weighted by Gasteiger charge is 2.57. The van der Waals surface area contributed by atoms with Crippen molar-refractivity contribution in [1.82, 2.24) is 0 Å². The lowest BCUT2D eigenvalue weighted by atomic mass is 9.90. The monoisotopic (exact) mass is 150 g/mol. The van der Waals surface area contributed by atoms with Gasteiger partial charge in [0.2, 0.25) is 0 Å². The van der Waals surface area contributed by atoms with Crippen molar-refractivity contribution in [2.45, 2.75) is 34.1 Å². The van der Waals surface area contributed by atoms with Gasteiger partial charge in [-0.25, -0.2) is 0 Å². The van der Waals surface area contributed by atoms with Crippen LogP contribution in [0.2, 0.25) is 0 Å². The van der Waals surface area contributed by atoms with Crippen molar-refractivity contribution >= 4 is 0 Å². The van der Waals surface area contributed by atoms with Crippen LogP contribution in [-0.4, -0.2) is 0 Å². The van der Waals surface area contributed by atoms with Crippen molar-refractivity contribution in [1.29, 1.82) is 0 Å². The number of rotatable bonds is 0. The Labute approximate surface area is 69.7 Å². The van der Waals surface area contributed by atoms with E-state index in [1.807, 2.05) is 0 Å². The van der Waals surface area contributed by atoms with Crippen LogP contribution >= 0.6 is 0 Å². The zero-order chi connectivity index (χ0) is 8.22. The van der Waals surface area contributed by atoms with Crippen LogP contribution in [0.1, 0.15) is 34.1 Å². The normalized spacial score (nSPS) is 46.2. The third-order valence-corrected chi connectivity index (χ3v) is 3.97. The molecule has 2 aliphatic carbocycles. The van der Waals surface area contributed by atoms with Crippen LogP contribution in [0, 0.1) is 23.2 Å². The van der Waals surface area contributed by atoms with Gasteiger partial charge in [-0.1, -0.05) is 32.4 Å². The summed E-state index contributed by atoms with van der Waals surface area (Å²) in [5.74, 6) is 2.76. The van der Waals surface area contributed by atoms with Crippen LogP contribution in [-0.2, 0) is 0 Å². The molecule has 0 radical (unpaired) electrons. The number of allylic oxidation sites excluding steroid dienone is 2. The molecule has 62 valence electrons. The predicted molar refractivity (Wildman–Crippen MR) is 48.3 cm³/mol. The fourth-order valence-corrected chi connectivity index (χ4v) is 2.58. The molecule has 2 rings (SSSR count). The van der Waals surface area contributed by atoms with E-state index >= 15 is 0 Å². The largest absolute Gasteiger partial charge is 0.0814 e. The van der Waals surface area contributed by atoms with Crippen molar-refractivity contribution in [2.24, 2.45) is 23.2 Å². The maximum atomic E-state index is 2.51. The highest BCUT2D eigenvalue weighted by molar-refractivity contribution is 5.23. The molecule has 0 nitrogen and oxygen atoms in total. The van der Waals surface area contributed by atoms with Crippen LogP contribution in [0.4, 0.5) is 0 Å². The van der Waals surface area contributed by atoms with Gasteiger partial charge in [0, 0.05) is 0 Å². The second-order valence-electron chi connectivity index (χ2n) is 5.00. The fraction of sp³-hybridized carbons (Fsp3) is 0.818. The molecule has 0 aromatic rings. The lowest BCUT2D eigenvalue weighted by Gasteiger charge is -2.15. The fourth-order valence-electron chi connectivity index (χ4n) is 2.58. The quantitative estimate of drug-likeness (QED) is 0.465. The van der Waals surface area contributed by atoms with E-state index in [2.05, 4.69) is 33.8 Å². The minimum atomic E-state index is 0.631. The first-order valence-electron chi connectivity index (χ1n) is 4.72. The third-order valence-electron chi connectivity index (χ3n) is 3.97. The zero-order valence-electron chi connectivity index (χ0n) is 8.02. The summed E-state index contributed by atoms with van der Waals surface area (Å²) >= 11 is 0. The molecule has 0 aliphatic heterocycles. The third kappa shape index (κ3) is 0.881. The highest BCUT2D eigenvalue weighted by Crippen LogP contribution is 2.64. The van der Waals surface area contributed by atoms with E-state index in [4.69, 9.17) is 0 Å². The van der Waals surface area contributed by atoms with Crippen LogP contribution in [0.5, 0.6) is 0 Å². The minimum absolute atomic E-state index is 0.631. The zero-order valence-corrected chi connectivity index (χ0v) is 8.02. The molecule has 0 heterocycles. The predicted octanol–water partition coefficient (Wildman–Crippen LogP) is 3.24. The molecular formula is C11H18. The summed E-state index contributed by atoms with van der Waals surface area (Å²) in [5.41, 5.74) is 2.25. The first kappa shape index (κ1) is 7.39. The summed E-state index contributed by atoms with van der Waals surface area (Å²) in [6.07, 6.45) is 3.94. The van der Waals surface area contributed by atoms with Crippen molar-refractivity contribution in [3.05, 3.63) is 11.6 Å². The Hall–Kier alpha value is -0.260. The highest BCUT2D eigenvalue weighted by atomic mass is 14.6. The summed E-state index contributed by atoms with van der Waals surface area (Å²) in [6.45, 7) is 9.46. The van der Waals surface area contributed by atoms with Gasteiger partial charge in [0.1, 0.15) is 0 Å². The van der Waals surface area contributed by atoms with E-state index in [-0.39, 0.29) is 0 Å². The van der Waals surface area contributed by atoms with Gasteiger partial charge in [0.15, 0.2) is 0 Å². The molecule has 0 bridgehead atoms. The Morgan fingerprint density at radius 1 is 1.45 bits per heavy atom. The van der Waals surface area contributed by atoms with Gasteiger partial charge in [-0.15, -0.1) is 0 Å². The Kier molecular flexibility index (Phi) is 1.28. The van der Waals surface area contributed by atoms with Gasteiger partial charge >= 0.3 is 0 Å². The summed E-state index contributed by atoms with van der Waals surface area (Å²) in [4.78, 5) is 0. The molecule has 0 amide bonds. The van der Waals surface area contributed by atoms with E-state index in [9.17, 15) is 0 Å². The molecule has 0 aromatic carbocycles. The minimum Gasteiger partial charge on any atom is -0.0814 e. The Morgan fingerprint density at radius 3 is 2.64 bits per heavy atom. The van der Waals surface area contributed by atoms with Crippen LogP contribution in [0.25, 0.3) is 0 Å². The lowest BCUT2D eigenvalue weighted by molar-refractivity contribution is 0.474. The Morgan fingerprint density at radius 2 is 2.09 bits per heavy atom. The van der Waals surface area contributed by atoms with Gasteiger partial charge in [0.05, 0.1) is 0 Å². The molecule has 0 spiro atoms. The van der Waals surface area contributed by atoms with Crippen LogP contribution in [0.3, 0.4) is 0 Å². The molecule has 1 saturated carbocycles. The molecule has 0 saturated heterocycles. The number of hydrogen-bond acceptors (Lipinski definition) is 0. The summed E-state index contributed by atoms with van der Waals surface area (Å²) < 4.78 is 0. The van der Waals surface area contributed by atoms with Crippen LogP contribution < -0.4 is 0 Å². The van der Waals surface area contributed by atoms with Gasteiger partial charge in [-0.2, -0.15) is 0 Å². The SMILES string of the molecule is CC1=CC2C(CC1C)C2(C)C. The van der Waals surface area contributed by atoms with Crippen LogP contribution in [0.15, 0.2) is 11.6 Å². The smallest absolute Gasteiger partial charge is 0.0143 e. The molecular weight excluding hydrogens is 132 g/mol. The average Bonchev–Trinajstić information content (AvgIpc) is 2.39. The summed E-state index contributed by atoms with van der Waals surface area (Å²) in [6, 6.07) is 0. The van der Waals surface area contributed by atoms with E-state index in [1.54, 1.807) is 5.57 Å². The van der Waals surface area contributed by atoms with E-state index in [1.165, 1.54) is 6.42 Å². The van der Waals surface area contributed by atoms with E-state index < -0.39 is 0 Å². The molecule has 11 heavy (non-hydrogen) atoms. The number of hydrogen-bond donors (Lipinski definition) is 0. The van der Waals surface area contributed by atoms with Gasteiger partial charge in [-0.05, 0) is 36.5 Å². The van der Waals surface area contributed by atoms with Crippen molar-refractivity contribution in [2.75, 3.05) is 0 Å².